The number of benzene rings is 1. The lowest BCUT2D eigenvalue weighted by atomic mass is 10.2. The highest BCUT2D eigenvalue weighted by Gasteiger charge is 2.40. The SMILES string of the molecule is CCCc1c(O)nc(S[C@@H]2CC(=O)N(c3ccc(C)cc3)C2=O)[nH]c1=O. The van der Waals surface area contributed by atoms with Crippen LogP contribution in [0, 0.1) is 6.92 Å². The first-order chi connectivity index (χ1) is 12.4. The van der Waals surface area contributed by atoms with Crippen molar-refractivity contribution in [2.45, 2.75) is 43.5 Å². The van der Waals surface area contributed by atoms with E-state index in [1.54, 1.807) is 12.1 Å². The number of thioether (sulfide) groups is 1. The van der Waals surface area contributed by atoms with Crippen molar-refractivity contribution in [1.82, 2.24) is 9.97 Å². The Labute approximate surface area is 154 Å². The molecule has 1 fully saturated rings. The van der Waals surface area contributed by atoms with Gasteiger partial charge < -0.3 is 10.1 Å². The highest BCUT2D eigenvalue weighted by Crippen LogP contribution is 2.33. The number of aryl methyl sites for hydroxylation is 1. The van der Waals surface area contributed by atoms with E-state index in [2.05, 4.69) is 9.97 Å². The number of carbonyl (C=O) groups excluding carboxylic acids is 2. The fourth-order valence-electron chi connectivity index (χ4n) is 2.79. The maximum Gasteiger partial charge on any atom is 0.258 e. The summed E-state index contributed by atoms with van der Waals surface area (Å²) in [6.45, 7) is 3.82. The molecule has 1 aromatic carbocycles. The lowest BCUT2D eigenvalue weighted by molar-refractivity contribution is -0.121. The highest BCUT2D eigenvalue weighted by molar-refractivity contribution is 8.00. The number of amides is 2. The van der Waals surface area contributed by atoms with Crippen molar-refractivity contribution in [2.24, 2.45) is 0 Å². The van der Waals surface area contributed by atoms with E-state index >= 15 is 0 Å². The van der Waals surface area contributed by atoms with Crippen LogP contribution in [0.4, 0.5) is 5.69 Å². The van der Waals surface area contributed by atoms with E-state index in [1.165, 1.54) is 0 Å². The van der Waals surface area contributed by atoms with Gasteiger partial charge in [0.2, 0.25) is 17.7 Å². The normalized spacial score (nSPS) is 17.2. The van der Waals surface area contributed by atoms with Crippen molar-refractivity contribution in [3.8, 4) is 5.88 Å². The molecule has 0 bridgehead atoms. The molecular weight excluding hydrogens is 354 g/mol. The molecule has 1 atom stereocenters. The van der Waals surface area contributed by atoms with Crippen LogP contribution < -0.4 is 10.5 Å². The molecule has 1 aliphatic rings. The van der Waals surface area contributed by atoms with Gasteiger partial charge in [0.15, 0.2) is 5.16 Å². The van der Waals surface area contributed by atoms with E-state index in [0.29, 0.717) is 18.5 Å². The van der Waals surface area contributed by atoms with Crippen molar-refractivity contribution in [2.75, 3.05) is 4.90 Å². The number of imide groups is 1. The first-order valence-electron chi connectivity index (χ1n) is 8.33. The molecule has 0 spiro atoms. The lowest BCUT2D eigenvalue weighted by Gasteiger charge is -2.15. The summed E-state index contributed by atoms with van der Waals surface area (Å²) in [5, 5.41) is 9.38. The largest absolute Gasteiger partial charge is 0.493 e. The molecule has 1 aliphatic heterocycles. The standard InChI is InChI=1S/C18H19N3O4S/c1-3-4-12-15(23)19-18(20-16(12)24)26-13-9-14(22)21(17(13)25)11-7-5-10(2)6-8-11/h5-8,13H,3-4,9H2,1-2H3,(H2,19,20,23,24)/t13-/m1/s1. The topological polar surface area (TPSA) is 103 Å². The summed E-state index contributed by atoms with van der Waals surface area (Å²) in [4.78, 5) is 44.7. The molecule has 0 radical (unpaired) electrons. The van der Waals surface area contributed by atoms with Gasteiger partial charge in [-0.25, -0.2) is 4.90 Å². The maximum atomic E-state index is 12.6. The fraction of sp³-hybridized carbons (Fsp3) is 0.333. The van der Waals surface area contributed by atoms with Crippen molar-refractivity contribution in [3.63, 3.8) is 0 Å². The number of nitrogens with one attached hydrogen (secondary N) is 1. The van der Waals surface area contributed by atoms with Crippen molar-refractivity contribution < 1.29 is 14.7 Å². The molecule has 8 heteroatoms. The van der Waals surface area contributed by atoms with Crippen molar-refractivity contribution in [3.05, 3.63) is 45.7 Å². The van der Waals surface area contributed by atoms with Gasteiger partial charge in [-0.05, 0) is 25.5 Å². The number of aromatic nitrogens is 2. The predicted octanol–water partition coefficient (Wildman–Crippen LogP) is 2.16. The van der Waals surface area contributed by atoms with Gasteiger partial charge in [-0.1, -0.05) is 42.8 Å². The Morgan fingerprint density at radius 2 is 1.96 bits per heavy atom. The summed E-state index contributed by atoms with van der Waals surface area (Å²) < 4.78 is 0. The Kier molecular flexibility index (Phi) is 5.13. The summed E-state index contributed by atoms with van der Waals surface area (Å²) in [7, 11) is 0. The highest BCUT2D eigenvalue weighted by atomic mass is 32.2. The average molecular weight is 373 g/mol. The van der Waals surface area contributed by atoms with E-state index < -0.39 is 10.8 Å². The third-order valence-electron chi connectivity index (χ3n) is 4.12. The zero-order valence-electron chi connectivity index (χ0n) is 14.5. The second-order valence-corrected chi connectivity index (χ2v) is 7.33. The number of nitrogens with zero attached hydrogens (tertiary/aromatic N) is 2. The van der Waals surface area contributed by atoms with Crippen LogP contribution >= 0.6 is 11.8 Å². The second kappa shape index (κ2) is 7.33. The number of H-pyrrole nitrogens is 1. The van der Waals surface area contributed by atoms with Gasteiger partial charge in [-0.3, -0.25) is 14.4 Å². The van der Waals surface area contributed by atoms with Gasteiger partial charge in [-0.2, -0.15) is 4.98 Å². The number of aromatic amines is 1. The molecule has 0 aliphatic carbocycles. The molecule has 2 N–H and O–H groups in total. The summed E-state index contributed by atoms with van der Waals surface area (Å²) in [5.41, 5.74) is 1.36. The number of carbonyl (C=O) groups is 2. The second-order valence-electron chi connectivity index (χ2n) is 6.14. The molecule has 1 saturated heterocycles. The minimum Gasteiger partial charge on any atom is -0.493 e. The Balaban J connectivity index is 1.81. The average Bonchev–Trinajstić information content (AvgIpc) is 2.86. The molecule has 2 heterocycles. The molecule has 26 heavy (non-hydrogen) atoms. The summed E-state index contributed by atoms with van der Waals surface area (Å²) in [5.74, 6) is -0.987. The van der Waals surface area contributed by atoms with E-state index in [1.807, 2.05) is 26.0 Å². The van der Waals surface area contributed by atoms with Crippen LogP contribution in [0.25, 0.3) is 0 Å². The number of anilines is 1. The van der Waals surface area contributed by atoms with Crippen molar-refractivity contribution >= 4 is 29.3 Å². The number of hydrogen-bond donors (Lipinski definition) is 2. The van der Waals surface area contributed by atoms with Crippen molar-refractivity contribution in [1.29, 1.82) is 0 Å². The number of aromatic hydroxyl groups is 1. The van der Waals surface area contributed by atoms with Gasteiger partial charge in [-0.15, -0.1) is 0 Å². The molecular formula is C18H19N3O4S. The van der Waals surface area contributed by atoms with Crippen LogP contribution in [0.2, 0.25) is 0 Å². The quantitative estimate of drug-likeness (QED) is 0.615. The minimum absolute atomic E-state index is 0.0125. The van der Waals surface area contributed by atoms with Gasteiger partial charge in [0.05, 0.1) is 11.3 Å². The molecule has 136 valence electrons. The third kappa shape index (κ3) is 3.50. The van der Waals surface area contributed by atoms with Gasteiger partial charge >= 0.3 is 0 Å². The minimum atomic E-state index is -0.691. The van der Waals surface area contributed by atoms with E-state index in [-0.39, 0.29) is 34.8 Å². The van der Waals surface area contributed by atoms with Gasteiger partial charge in [0.25, 0.3) is 5.56 Å². The lowest BCUT2D eigenvalue weighted by Crippen LogP contribution is -2.31. The summed E-state index contributed by atoms with van der Waals surface area (Å²) in [6.07, 6.45) is 1.13. The predicted molar refractivity (Wildman–Crippen MR) is 98.5 cm³/mol. The van der Waals surface area contributed by atoms with Gasteiger partial charge in [0.1, 0.15) is 5.25 Å². The molecule has 3 rings (SSSR count). The van der Waals surface area contributed by atoms with Crippen LogP contribution in [-0.4, -0.2) is 32.1 Å². The smallest absolute Gasteiger partial charge is 0.258 e. The van der Waals surface area contributed by atoms with Crippen LogP contribution in [0.5, 0.6) is 5.88 Å². The zero-order chi connectivity index (χ0) is 18.8. The Bertz CT molecular complexity index is 908. The van der Waals surface area contributed by atoms with Crippen LogP contribution in [-0.2, 0) is 16.0 Å². The maximum absolute atomic E-state index is 12.6. The van der Waals surface area contributed by atoms with E-state index in [0.717, 1.165) is 22.2 Å². The molecule has 2 aromatic rings. The van der Waals surface area contributed by atoms with E-state index in [9.17, 15) is 19.5 Å². The molecule has 0 unspecified atom stereocenters. The first-order valence-corrected chi connectivity index (χ1v) is 9.21. The summed E-state index contributed by atoms with van der Waals surface area (Å²) >= 11 is 0.981. The monoisotopic (exact) mass is 373 g/mol. The summed E-state index contributed by atoms with van der Waals surface area (Å²) in [6, 6.07) is 7.12. The van der Waals surface area contributed by atoms with Crippen LogP contribution in [0.1, 0.15) is 30.9 Å². The Morgan fingerprint density at radius 1 is 1.27 bits per heavy atom. The van der Waals surface area contributed by atoms with Crippen LogP contribution in [0.15, 0.2) is 34.2 Å². The third-order valence-corrected chi connectivity index (χ3v) is 5.19. The number of hydrogen-bond acceptors (Lipinski definition) is 6. The molecule has 2 amide bonds. The first kappa shape index (κ1) is 18.2. The van der Waals surface area contributed by atoms with Gasteiger partial charge in [0, 0.05) is 6.42 Å². The fourth-order valence-corrected chi connectivity index (χ4v) is 3.79. The Morgan fingerprint density at radius 3 is 2.58 bits per heavy atom. The molecule has 0 saturated carbocycles. The zero-order valence-corrected chi connectivity index (χ0v) is 15.3. The number of rotatable bonds is 5. The van der Waals surface area contributed by atoms with Crippen LogP contribution in [0.3, 0.4) is 0 Å². The van der Waals surface area contributed by atoms with E-state index in [4.69, 9.17) is 0 Å². The molecule has 7 nitrogen and oxygen atoms in total. The molecule has 1 aromatic heterocycles. The Hall–Kier alpha value is -2.61.